The van der Waals surface area contributed by atoms with Crippen molar-refractivity contribution < 1.29 is 13.5 Å². The van der Waals surface area contributed by atoms with E-state index < -0.39 is 11.6 Å². The average molecular weight is 377 g/mol. The summed E-state index contributed by atoms with van der Waals surface area (Å²) in [5.41, 5.74) is 1.47. The molecule has 0 amide bonds. The van der Waals surface area contributed by atoms with Gasteiger partial charge in [0.1, 0.15) is 17.4 Å². The first-order valence-electron chi connectivity index (χ1n) is 8.43. The summed E-state index contributed by atoms with van der Waals surface area (Å²) in [5.74, 6) is 0.0138. The van der Waals surface area contributed by atoms with Crippen LogP contribution in [-0.2, 0) is 0 Å². The Morgan fingerprint density at radius 3 is 2.54 bits per heavy atom. The summed E-state index contributed by atoms with van der Waals surface area (Å²) < 4.78 is 31.6. The maximum absolute atomic E-state index is 13.2. The fourth-order valence-corrected chi connectivity index (χ4v) is 3.27. The predicted molar refractivity (Wildman–Crippen MR) is 104 cm³/mol. The predicted octanol–water partition coefficient (Wildman–Crippen LogP) is 3.79. The van der Waals surface area contributed by atoms with E-state index in [1.807, 2.05) is 12.1 Å². The number of thiocarbonyl (C=S) groups is 1. The molecule has 0 unspecified atom stereocenters. The molecule has 0 saturated carbocycles. The zero-order chi connectivity index (χ0) is 18.5. The van der Waals surface area contributed by atoms with Gasteiger partial charge < -0.3 is 20.3 Å². The van der Waals surface area contributed by atoms with Crippen LogP contribution in [0.25, 0.3) is 0 Å². The van der Waals surface area contributed by atoms with Crippen LogP contribution in [0.5, 0.6) is 5.75 Å². The molecule has 0 aliphatic carbocycles. The van der Waals surface area contributed by atoms with Gasteiger partial charge in [0.05, 0.1) is 7.11 Å². The van der Waals surface area contributed by atoms with Gasteiger partial charge in [-0.1, -0.05) is 0 Å². The minimum Gasteiger partial charge on any atom is -0.497 e. The summed E-state index contributed by atoms with van der Waals surface area (Å²) >= 11 is 5.21. The molecule has 1 atom stereocenters. The van der Waals surface area contributed by atoms with Crippen LogP contribution < -0.4 is 20.3 Å². The van der Waals surface area contributed by atoms with Crippen molar-refractivity contribution in [2.45, 2.75) is 6.42 Å². The van der Waals surface area contributed by atoms with E-state index in [0.29, 0.717) is 23.3 Å². The second-order valence-electron chi connectivity index (χ2n) is 6.29. The fraction of sp³-hybridized carbons (Fsp3) is 0.316. The highest BCUT2D eigenvalue weighted by molar-refractivity contribution is 7.80. The molecule has 0 bridgehead atoms. The van der Waals surface area contributed by atoms with Crippen LogP contribution in [0.4, 0.5) is 20.2 Å². The van der Waals surface area contributed by atoms with Crippen LogP contribution in [0.1, 0.15) is 6.42 Å². The molecule has 1 aliphatic heterocycles. The minimum atomic E-state index is -0.638. The van der Waals surface area contributed by atoms with Gasteiger partial charge in [-0.25, -0.2) is 8.78 Å². The van der Waals surface area contributed by atoms with E-state index in [1.54, 1.807) is 7.11 Å². The van der Waals surface area contributed by atoms with Crippen molar-refractivity contribution in [3.8, 4) is 5.75 Å². The Hall–Kier alpha value is -2.41. The molecular weight excluding hydrogens is 356 g/mol. The smallest absolute Gasteiger partial charge is 0.170 e. The number of hydrogen-bond donors (Lipinski definition) is 2. The number of rotatable bonds is 5. The third kappa shape index (κ3) is 4.82. The normalized spacial score (nSPS) is 16.4. The number of hydrogen-bond acceptors (Lipinski definition) is 3. The van der Waals surface area contributed by atoms with Gasteiger partial charge in [-0.05, 0) is 61.0 Å². The molecule has 0 aromatic heterocycles. The van der Waals surface area contributed by atoms with E-state index in [0.717, 1.165) is 31.3 Å². The van der Waals surface area contributed by atoms with Crippen molar-refractivity contribution in [3.05, 3.63) is 54.1 Å². The third-order valence-electron chi connectivity index (χ3n) is 4.40. The van der Waals surface area contributed by atoms with E-state index in [2.05, 4.69) is 27.7 Å². The molecule has 3 rings (SSSR count). The molecule has 2 aromatic carbocycles. The largest absolute Gasteiger partial charge is 0.497 e. The van der Waals surface area contributed by atoms with Gasteiger partial charge >= 0.3 is 0 Å². The summed E-state index contributed by atoms with van der Waals surface area (Å²) in [6.45, 7) is 2.61. The summed E-state index contributed by atoms with van der Waals surface area (Å²) in [6, 6.07) is 11.3. The quantitative estimate of drug-likeness (QED) is 0.776. The van der Waals surface area contributed by atoms with Crippen molar-refractivity contribution in [2.75, 3.05) is 37.0 Å². The van der Waals surface area contributed by atoms with Gasteiger partial charge in [0.15, 0.2) is 5.11 Å². The van der Waals surface area contributed by atoms with Crippen molar-refractivity contribution in [2.24, 2.45) is 5.92 Å². The van der Waals surface area contributed by atoms with Gasteiger partial charge in [-0.2, -0.15) is 0 Å². The summed E-state index contributed by atoms with van der Waals surface area (Å²) in [6.07, 6.45) is 1.05. The topological polar surface area (TPSA) is 36.5 Å². The molecule has 2 N–H and O–H groups in total. The number of nitrogens with one attached hydrogen (secondary N) is 2. The molecule has 0 spiro atoms. The maximum Gasteiger partial charge on any atom is 0.170 e. The van der Waals surface area contributed by atoms with Crippen molar-refractivity contribution in [3.63, 3.8) is 0 Å². The summed E-state index contributed by atoms with van der Waals surface area (Å²) in [4.78, 5) is 2.32. The number of anilines is 2. The highest BCUT2D eigenvalue weighted by Crippen LogP contribution is 2.25. The Bertz CT molecular complexity index is 750. The van der Waals surface area contributed by atoms with Crippen LogP contribution in [0.15, 0.2) is 42.5 Å². The van der Waals surface area contributed by atoms with E-state index in [1.165, 1.54) is 17.8 Å². The molecule has 1 aliphatic rings. The van der Waals surface area contributed by atoms with Crippen molar-refractivity contribution in [1.82, 2.24) is 5.32 Å². The SMILES string of the molecule is COc1ccc(N2CC[C@@H](CNC(=S)Nc3cc(F)cc(F)c3)C2)cc1. The third-order valence-corrected chi connectivity index (χ3v) is 4.64. The monoisotopic (exact) mass is 377 g/mol. The van der Waals surface area contributed by atoms with E-state index in [9.17, 15) is 8.78 Å². The standard InChI is InChI=1S/C19H21F2N3OS/c1-25-18-4-2-17(3-5-18)24-7-6-13(12-24)11-22-19(26)23-16-9-14(20)8-15(21)10-16/h2-5,8-10,13H,6-7,11-12H2,1H3,(H2,22,23,26)/t13-/m0/s1. The Labute approximate surface area is 157 Å². The van der Waals surface area contributed by atoms with E-state index in [4.69, 9.17) is 17.0 Å². The van der Waals surface area contributed by atoms with E-state index >= 15 is 0 Å². The molecule has 7 heteroatoms. The molecule has 1 fully saturated rings. The summed E-state index contributed by atoms with van der Waals surface area (Å²) in [5, 5.41) is 6.31. The average Bonchev–Trinajstić information content (AvgIpc) is 3.08. The number of methoxy groups -OCH3 is 1. The number of ether oxygens (including phenoxy) is 1. The van der Waals surface area contributed by atoms with Gasteiger partial charge in [0.25, 0.3) is 0 Å². The van der Waals surface area contributed by atoms with Gasteiger partial charge in [-0.15, -0.1) is 0 Å². The molecule has 2 aromatic rings. The lowest BCUT2D eigenvalue weighted by molar-refractivity contribution is 0.415. The summed E-state index contributed by atoms with van der Waals surface area (Å²) in [7, 11) is 1.65. The Morgan fingerprint density at radius 1 is 1.19 bits per heavy atom. The lowest BCUT2D eigenvalue weighted by Crippen LogP contribution is -2.34. The Morgan fingerprint density at radius 2 is 1.88 bits per heavy atom. The zero-order valence-electron chi connectivity index (χ0n) is 14.5. The first-order valence-corrected chi connectivity index (χ1v) is 8.84. The molecule has 1 saturated heterocycles. The van der Waals surface area contributed by atoms with Crippen LogP contribution in [0.3, 0.4) is 0 Å². The first kappa shape index (κ1) is 18.4. The maximum atomic E-state index is 13.2. The Kier molecular flexibility index (Phi) is 5.88. The van der Waals surface area contributed by atoms with Crippen LogP contribution >= 0.6 is 12.2 Å². The molecule has 4 nitrogen and oxygen atoms in total. The molecule has 26 heavy (non-hydrogen) atoms. The molecule has 1 heterocycles. The van der Waals surface area contributed by atoms with Crippen LogP contribution in [-0.4, -0.2) is 31.9 Å². The number of benzene rings is 2. The fourth-order valence-electron chi connectivity index (χ4n) is 3.07. The second-order valence-corrected chi connectivity index (χ2v) is 6.70. The molecule has 138 valence electrons. The van der Waals surface area contributed by atoms with Gasteiger partial charge in [-0.3, -0.25) is 0 Å². The van der Waals surface area contributed by atoms with E-state index in [-0.39, 0.29) is 0 Å². The second kappa shape index (κ2) is 8.31. The van der Waals surface area contributed by atoms with Gasteiger partial charge in [0, 0.05) is 37.1 Å². The molecule has 0 radical (unpaired) electrons. The van der Waals surface area contributed by atoms with Crippen molar-refractivity contribution >= 4 is 28.7 Å². The van der Waals surface area contributed by atoms with Crippen LogP contribution in [0.2, 0.25) is 0 Å². The van der Waals surface area contributed by atoms with Gasteiger partial charge in [0.2, 0.25) is 0 Å². The highest BCUT2D eigenvalue weighted by Gasteiger charge is 2.22. The zero-order valence-corrected chi connectivity index (χ0v) is 15.3. The highest BCUT2D eigenvalue weighted by atomic mass is 32.1. The first-order chi connectivity index (χ1) is 12.5. The number of halogens is 2. The lowest BCUT2D eigenvalue weighted by Gasteiger charge is -2.19. The number of nitrogens with zero attached hydrogens (tertiary/aromatic N) is 1. The minimum absolute atomic E-state index is 0.297. The lowest BCUT2D eigenvalue weighted by atomic mass is 10.1. The molecular formula is C19H21F2N3OS. The van der Waals surface area contributed by atoms with Crippen molar-refractivity contribution in [1.29, 1.82) is 0 Å². The van der Waals surface area contributed by atoms with Crippen LogP contribution in [0, 0.1) is 17.6 Å². The Balaban J connectivity index is 1.47.